The fraction of sp³-hybridized carbons (Fsp3) is 0.316. The smallest absolute Gasteiger partial charge is 0.326 e. The van der Waals surface area contributed by atoms with Crippen LogP contribution in [0.4, 0.5) is 17.1 Å². The first-order valence-electron chi connectivity index (χ1n) is 9.04. The zero-order valence-corrected chi connectivity index (χ0v) is 16.4. The van der Waals surface area contributed by atoms with Gasteiger partial charge in [0.05, 0.1) is 15.9 Å². The summed E-state index contributed by atoms with van der Waals surface area (Å²) in [6.45, 7) is 1.97. The summed E-state index contributed by atoms with van der Waals surface area (Å²) >= 11 is 0. The molecular weight excluding hydrogens is 396 g/mol. The van der Waals surface area contributed by atoms with Crippen molar-refractivity contribution >= 4 is 23.0 Å². The summed E-state index contributed by atoms with van der Waals surface area (Å²) in [6.07, 6.45) is 2.29. The summed E-state index contributed by atoms with van der Waals surface area (Å²) in [5.41, 5.74) is 5.25. The molecule has 5 N–H and O–H groups in total. The average Bonchev–Trinajstić information content (AvgIpc) is 2.70. The van der Waals surface area contributed by atoms with Gasteiger partial charge in [-0.1, -0.05) is 18.2 Å². The Balaban J connectivity index is 0.000000303. The molecule has 0 bridgehead atoms. The number of carboxylic acids is 1. The fourth-order valence-corrected chi connectivity index (χ4v) is 2.47. The van der Waals surface area contributed by atoms with Crippen molar-refractivity contribution in [2.24, 2.45) is 5.73 Å². The molecule has 0 aliphatic heterocycles. The highest BCUT2D eigenvalue weighted by molar-refractivity contribution is 5.77. The number of carboxylic acid groups (broad SMARTS) is 1. The van der Waals surface area contributed by atoms with Gasteiger partial charge in [0.25, 0.3) is 5.69 Å². The maximum Gasteiger partial charge on any atom is 0.326 e. The second-order valence-corrected chi connectivity index (χ2v) is 6.33. The van der Waals surface area contributed by atoms with Crippen molar-refractivity contribution < 1.29 is 24.9 Å². The predicted octanol–water partition coefficient (Wildman–Crippen LogP) is 3.20. The lowest BCUT2D eigenvalue weighted by molar-refractivity contribution is -0.394. The molecule has 30 heavy (non-hydrogen) atoms. The van der Waals surface area contributed by atoms with Crippen molar-refractivity contribution in [3.05, 3.63) is 68.3 Å². The van der Waals surface area contributed by atoms with Gasteiger partial charge in [-0.05, 0) is 44.9 Å². The van der Waals surface area contributed by atoms with Crippen molar-refractivity contribution in [1.82, 2.24) is 0 Å². The molecule has 2 aromatic rings. The van der Waals surface area contributed by atoms with E-state index in [4.69, 9.17) is 10.8 Å². The number of rotatable bonds is 9. The van der Waals surface area contributed by atoms with Gasteiger partial charge in [0.15, 0.2) is 5.75 Å². The Morgan fingerprint density at radius 3 is 2.27 bits per heavy atom. The Morgan fingerprint density at radius 2 is 1.77 bits per heavy atom. The lowest BCUT2D eigenvalue weighted by atomic mass is 10.1. The third-order valence-electron chi connectivity index (χ3n) is 4.03. The summed E-state index contributed by atoms with van der Waals surface area (Å²) in [5, 5.41) is 42.0. The number of carbonyl (C=O) groups is 1. The number of nitrogens with two attached hydrogens (primary N) is 1. The van der Waals surface area contributed by atoms with E-state index in [0.717, 1.165) is 30.7 Å². The number of nitro benzene ring substituents is 2. The third-order valence-corrected chi connectivity index (χ3v) is 4.03. The number of phenols is 1. The SMILES string of the molecule is Cc1cc([N+](=O)[O-])cc([N+](=O)[O-])c1O.NCCCC[C@H](Nc1ccccc1)C(=O)O. The number of nitrogens with zero attached hydrogens (tertiary/aromatic N) is 2. The number of nitrogens with one attached hydrogen (secondary N) is 1. The van der Waals surface area contributed by atoms with E-state index < -0.39 is 39.0 Å². The molecule has 0 aliphatic rings. The average molecular weight is 420 g/mol. The van der Waals surface area contributed by atoms with Crippen LogP contribution in [-0.2, 0) is 4.79 Å². The summed E-state index contributed by atoms with van der Waals surface area (Å²) in [4.78, 5) is 30.1. The van der Waals surface area contributed by atoms with Crippen LogP contribution >= 0.6 is 0 Å². The summed E-state index contributed by atoms with van der Waals surface area (Å²) in [5.74, 6) is -1.36. The third kappa shape index (κ3) is 7.72. The van der Waals surface area contributed by atoms with Gasteiger partial charge >= 0.3 is 11.7 Å². The van der Waals surface area contributed by atoms with Crippen LogP contribution in [0.5, 0.6) is 5.75 Å². The van der Waals surface area contributed by atoms with Crippen molar-refractivity contribution in [1.29, 1.82) is 0 Å². The highest BCUT2D eigenvalue weighted by atomic mass is 16.6. The summed E-state index contributed by atoms with van der Waals surface area (Å²) in [6, 6.07) is 10.6. The number of non-ortho nitro benzene ring substituents is 1. The number of benzene rings is 2. The summed E-state index contributed by atoms with van der Waals surface area (Å²) in [7, 11) is 0. The Morgan fingerprint density at radius 1 is 1.13 bits per heavy atom. The maximum absolute atomic E-state index is 11.0. The molecule has 0 spiro atoms. The van der Waals surface area contributed by atoms with Crippen LogP contribution in [0.25, 0.3) is 0 Å². The molecule has 11 nitrogen and oxygen atoms in total. The molecule has 2 aromatic carbocycles. The van der Waals surface area contributed by atoms with Gasteiger partial charge < -0.3 is 21.3 Å². The monoisotopic (exact) mass is 420 g/mol. The molecule has 0 aromatic heterocycles. The van der Waals surface area contributed by atoms with Crippen molar-refractivity contribution in [2.75, 3.05) is 11.9 Å². The number of anilines is 1. The van der Waals surface area contributed by atoms with E-state index in [0.29, 0.717) is 13.0 Å². The number of aliphatic carboxylic acids is 1. The Kier molecular flexibility index (Phi) is 9.70. The number of hydrogen-bond donors (Lipinski definition) is 4. The van der Waals surface area contributed by atoms with Crippen LogP contribution in [0.2, 0.25) is 0 Å². The van der Waals surface area contributed by atoms with Crippen LogP contribution in [0.15, 0.2) is 42.5 Å². The molecule has 2 rings (SSSR count). The molecule has 0 amide bonds. The van der Waals surface area contributed by atoms with Crippen LogP contribution in [0, 0.1) is 27.2 Å². The van der Waals surface area contributed by atoms with Crippen LogP contribution < -0.4 is 11.1 Å². The lowest BCUT2D eigenvalue weighted by Gasteiger charge is -2.15. The number of nitro groups is 2. The van der Waals surface area contributed by atoms with Crippen LogP contribution in [-0.4, -0.2) is 38.6 Å². The minimum Gasteiger partial charge on any atom is -0.502 e. The Bertz CT molecular complexity index is 875. The first kappa shape index (κ1) is 24.3. The van der Waals surface area contributed by atoms with Gasteiger partial charge in [0, 0.05) is 17.3 Å². The topological polar surface area (TPSA) is 182 Å². The number of unbranched alkanes of at least 4 members (excludes halogenated alkanes) is 1. The van der Waals surface area contributed by atoms with Gasteiger partial charge in [0.2, 0.25) is 0 Å². The molecule has 0 fully saturated rings. The number of phenolic OH excluding ortho intramolecular Hbond substituents is 1. The molecule has 0 heterocycles. The zero-order valence-electron chi connectivity index (χ0n) is 16.4. The van der Waals surface area contributed by atoms with E-state index in [1.165, 1.54) is 6.92 Å². The molecule has 0 aliphatic carbocycles. The number of para-hydroxylation sites is 1. The van der Waals surface area contributed by atoms with E-state index >= 15 is 0 Å². The van der Waals surface area contributed by atoms with E-state index in [1.54, 1.807) is 0 Å². The van der Waals surface area contributed by atoms with Crippen molar-refractivity contribution in [2.45, 2.75) is 32.2 Å². The molecular formula is C19H24N4O7. The van der Waals surface area contributed by atoms with Gasteiger partial charge in [-0.15, -0.1) is 0 Å². The standard InChI is InChI=1S/C12H18N2O2.C7H6N2O5/c13-9-5-4-8-11(12(15)16)14-10-6-2-1-3-7-10;1-4-2-5(8(11)12)3-6(7(4)10)9(13)14/h1-3,6-7,11,14H,4-5,8-9,13H2,(H,15,16);2-3,10H,1H3/t11-;/m0./s1. The van der Waals surface area contributed by atoms with Crippen LogP contribution in [0.3, 0.4) is 0 Å². The van der Waals surface area contributed by atoms with Gasteiger partial charge in [-0.3, -0.25) is 20.2 Å². The second-order valence-electron chi connectivity index (χ2n) is 6.33. The molecule has 0 saturated carbocycles. The van der Waals surface area contributed by atoms with E-state index in [-0.39, 0.29) is 5.56 Å². The van der Waals surface area contributed by atoms with E-state index in [1.807, 2.05) is 30.3 Å². The molecule has 162 valence electrons. The van der Waals surface area contributed by atoms with E-state index in [9.17, 15) is 30.1 Å². The van der Waals surface area contributed by atoms with Crippen LogP contribution in [0.1, 0.15) is 24.8 Å². The summed E-state index contributed by atoms with van der Waals surface area (Å²) < 4.78 is 0. The molecule has 0 unspecified atom stereocenters. The first-order chi connectivity index (χ1) is 14.2. The number of aromatic hydroxyl groups is 1. The van der Waals surface area contributed by atoms with Gasteiger partial charge in [0.1, 0.15) is 6.04 Å². The quantitative estimate of drug-likeness (QED) is 0.269. The minimum atomic E-state index is -0.866. The maximum atomic E-state index is 11.0. The number of hydrogen-bond acceptors (Lipinski definition) is 8. The lowest BCUT2D eigenvalue weighted by Crippen LogP contribution is -2.29. The molecule has 0 radical (unpaired) electrons. The van der Waals surface area contributed by atoms with Crippen molar-refractivity contribution in [3.63, 3.8) is 0 Å². The molecule has 0 saturated heterocycles. The first-order valence-corrected chi connectivity index (χ1v) is 9.04. The zero-order chi connectivity index (χ0) is 22.7. The normalized spacial score (nSPS) is 11.0. The number of aryl methyl sites for hydroxylation is 1. The predicted molar refractivity (Wildman–Crippen MR) is 111 cm³/mol. The minimum absolute atomic E-state index is 0.103. The molecule has 11 heteroatoms. The Hall–Kier alpha value is -3.73. The van der Waals surface area contributed by atoms with Gasteiger partial charge in [-0.2, -0.15) is 0 Å². The molecule has 1 atom stereocenters. The van der Waals surface area contributed by atoms with Gasteiger partial charge in [-0.25, -0.2) is 4.79 Å². The fourth-order valence-electron chi connectivity index (χ4n) is 2.47. The van der Waals surface area contributed by atoms with E-state index in [2.05, 4.69) is 5.32 Å². The largest absolute Gasteiger partial charge is 0.502 e. The second kappa shape index (κ2) is 12.0. The van der Waals surface area contributed by atoms with Crippen molar-refractivity contribution in [3.8, 4) is 5.75 Å². The highest BCUT2D eigenvalue weighted by Crippen LogP contribution is 2.33. The highest BCUT2D eigenvalue weighted by Gasteiger charge is 2.21. The Labute approximate surface area is 172 Å².